The number of nitrogens with one attached hydrogen (secondary N) is 2. The van der Waals surface area contributed by atoms with Crippen molar-refractivity contribution < 1.29 is 4.79 Å². The molecule has 4 heteroatoms. The lowest BCUT2D eigenvalue weighted by molar-refractivity contribution is -0.115. The number of rotatable bonds is 4. The zero-order valence-corrected chi connectivity index (χ0v) is 7.72. The molecule has 12 heavy (non-hydrogen) atoms. The first-order chi connectivity index (χ1) is 5.57. The maximum atomic E-state index is 11.1. The van der Waals surface area contributed by atoms with Gasteiger partial charge in [-0.15, -0.1) is 0 Å². The molecule has 4 nitrogen and oxygen atoms in total. The van der Waals surface area contributed by atoms with E-state index in [1.54, 1.807) is 13.3 Å². The van der Waals surface area contributed by atoms with E-state index in [1.165, 1.54) is 0 Å². The fourth-order valence-corrected chi connectivity index (χ4v) is 0.625. The topological polar surface area (TPSA) is 65.3 Å². The van der Waals surface area contributed by atoms with Crippen molar-refractivity contribution >= 4 is 17.8 Å². The van der Waals surface area contributed by atoms with Crippen LogP contribution in [-0.2, 0) is 4.79 Å². The Balaban J connectivity index is 3.85. The van der Waals surface area contributed by atoms with E-state index in [0.717, 1.165) is 0 Å². The zero-order valence-electron chi connectivity index (χ0n) is 7.72. The highest BCUT2D eigenvalue weighted by Crippen LogP contribution is 1.83. The van der Waals surface area contributed by atoms with Crippen molar-refractivity contribution in [2.24, 2.45) is 4.99 Å². The Morgan fingerprint density at radius 1 is 1.67 bits per heavy atom. The minimum atomic E-state index is -0.315. The Hall–Kier alpha value is -1.19. The van der Waals surface area contributed by atoms with Gasteiger partial charge in [0.05, 0.1) is 0 Å². The van der Waals surface area contributed by atoms with Crippen molar-refractivity contribution in [2.75, 3.05) is 7.05 Å². The minimum Gasteiger partial charge on any atom is -0.349 e. The van der Waals surface area contributed by atoms with Crippen LogP contribution in [0.15, 0.2) is 4.99 Å². The number of hydrogen-bond donors (Lipinski definition) is 2. The maximum absolute atomic E-state index is 11.1. The van der Waals surface area contributed by atoms with E-state index in [4.69, 9.17) is 5.41 Å². The van der Waals surface area contributed by atoms with Gasteiger partial charge in [0.1, 0.15) is 5.71 Å². The molecule has 0 aromatic carbocycles. The molecule has 0 rings (SSSR count). The fourth-order valence-electron chi connectivity index (χ4n) is 0.625. The normalized spacial score (nSPS) is 10.7. The molecule has 2 N–H and O–H groups in total. The molecular weight excluding hydrogens is 154 g/mol. The van der Waals surface area contributed by atoms with Crippen LogP contribution in [0.4, 0.5) is 0 Å². The molecule has 0 saturated heterocycles. The number of amides is 1. The Morgan fingerprint density at radius 3 is 2.67 bits per heavy atom. The summed E-state index contributed by atoms with van der Waals surface area (Å²) in [4.78, 5) is 14.8. The lowest BCUT2D eigenvalue weighted by Gasteiger charge is -2.07. The van der Waals surface area contributed by atoms with E-state index in [0.29, 0.717) is 6.42 Å². The average molecular weight is 169 g/mol. The van der Waals surface area contributed by atoms with Gasteiger partial charge in [-0.1, -0.05) is 0 Å². The van der Waals surface area contributed by atoms with Crippen molar-refractivity contribution in [3.8, 4) is 0 Å². The van der Waals surface area contributed by atoms with Crippen LogP contribution in [0.2, 0.25) is 0 Å². The van der Waals surface area contributed by atoms with Crippen LogP contribution < -0.4 is 5.32 Å². The molecule has 0 atom stereocenters. The van der Waals surface area contributed by atoms with Crippen molar-refractivity contribution in [1.82, 2.24) is 5.32 Å². The predicted molar refractivity (Wildman–Crippen MR) is 50.0 cm³/mol. The van der Waals surface area contributed by atoms with Crippen molar-refractivity contribution in [3.63, 3.8) is 0 Å². The third-order valence-electron chi connectivity index (χ3n) is 1.17. The molecule has 0 fully saturated rings. The van der Waals surface area contributed by atoms with Crippen LogP contribution in [0, 0.1) is 5.41 Å². The molecule has 0 radical (unpaired) electrons. The molecule has 0 aromatic heterocycles. The van der Waals surface area contributed by atoms with Gasteiger partial charge in [0.15, 0.2) is 0 Å². The lowest BCUT2D eigenvalue weighted by atomic mass is 10.2. The monoisotopic (exact) mass is 169 g/mol. The van der Waals surface area contributed by atoms with Crippen LogP contribution in [0.25, 0.3) is 0 Å². The molecule has 0 heterocycles. The Kier molecular flexibility index (Phi) is 4.92. The first kappa shape index (κ1) is 10.8. The highest BCUT2D eigenvalue weighted by atomic mass is 16.1. The van der Waals surface area contributed by atoms with Gasteiger partial charge in [0.2, 0.25) is 0 Å². The molecule has 0 aliphatic rings. The van der Waals surface area contributed by atoms with Gasteiger partial charge in [-0.05, 0) is 13.8 Å². The zero-order chi connectivity index (χ0) is 9.56. The van der Waals surface area contributed by atoms with Crippen molar-refractivity contribution in [2.45, 2.75) is 26.3 Å². The van der Waals surface area contributed by atoms with Gasteiger partial charge in [0, 0.05) is 25.7 Å². The Labute approximate surface area is 72.6 Å². The molecule has 0 aromatic rings. The summed E-state index contributed by atoms with van der Waals surface area (Å²) in [6, 6.07) is 0.0800. The van der Waals surface area contributed by atoms with E-state index < -0.39 is 0 Å². The average Bonchev–Trinajstić information content (AvgIpc) is 1.98. The maximum Gasteiger partial charge on any atom is 0.265 e. The number of nitrogens with zero attached hydrogens (tertiary/aromatic N) is 1. The molecule has 0 unspecified atom stereocenters. The highest BCUT2D eigenvalue weighted by molar-refractivity contribution is 6.39. The van der Waals surface area contributed by atoms with Crippen LogP contribution in [0.1, 0.15) is 20.3 Å². The Bertz CT molecular complexity index is 196. The summed E-state index contributed by atoms with van der Waals surface area (Å²) in [7, 11) is 1.62. The van der Waals surface area contributed by atoms with Crippen LogP contribution in [-0.4, -0.2) is 30.9 Å². The number of carbonyl (C=O) groups is 1. The first-order valence-electron chi connectivity index (χ1n) is 3.86. The minimum absolute atomic E-state index is 0.0503. The Morgan fingerprint density at radius 2 is 2.25 bits per heavy atom. The van der Waals surface area contributed by atoms with Crippen LogP contribution in [0.5, 0.6) is 0 Å². The van der Waals surface area contributed by atoms with E-state index in [-0.39, 0.29) is 17.7 Å². The number of aliphatic imine (C=N–C) groups is 1. The van der Waals surface area contributed by atoms with Gasteiger partial charge in [-0.25, -0.2) is 0 Å². The summed E-state index contributed by atoms with van der Waals surface area (Å²) >= 11 is 0. The number of carbonyl (C=O) groups excluding carboxylic acids is 1. The smallest absolute Gasteiger partial charge is 0.265 e. The van der Waals surface area contributed by atoms with Gasteiger partial charge >= 0.3 is 0 Å². The second kappa shape index (κ2) is 5.46. The fraction of sp³-hybridized carbons (Fsp3) is 0.625. The van der Waals surface area contributed by atoms with Crippen molar-refractivity contribution in [1.29, 1.82) is 5.41 Å². The van der Waals surface area contributed by atoms with E-state index in [1.807, 2.05) is 13.8 Å². The van der Waals surface area contributed by atoms with E-state index in [2.05, 4.69) is 10.3 Å². The summed E-state index contributed by atoms with van der Waals surface area (Å²) in [5.41, 5.74) is 0.0503. The second-order valence-electron chi connectivity index (χ2n) is 2.75. The molecule has 1 amide bonds. The summed E-state index contributed by atoms with van der Waals surface area (Å²) in [5, 5.41) is 9.91. The van der Waals surface area contributed by atoms with Gasteiger partial charge in [0.25, 0.3) is 5.91 Å². The van der Waals surface area contributed by atoms with E-state index >= 15 is 0 Å². The molecule has 0 bridgehead atoms. The highest BCUT2D eigenvalue weighted by Gasteiger charge is 2.07. The summed E-state index contributed by atoms with van der Waals surface area (Å²) in [6.07, 6.45) is 1.84. The molecule has 68 valence electrons. The number of hydrogen-bond acceptors (Lipinski definition) is 3. The third-order valence-corrected chi connectivity index (χ3v) is 1.17. The lowest BCUT2D eigenvalue weighted by Crippen LogP contribution is -2.35. The molecular formula is C8H15N3O. The summed E-state index contributed by atoms with van der Waals surface area (Å²) in [5.74, 6) is -0.315. The third kappa shape index (κ3) is 4.60. The van der Waals surface area contributed by atoms with Gasteiger partial charge in [-0.3, -0.25) is 10.2 Å². The molecule has 0 spiro atoms. The van der Waals surface area contributed by atoms with Crippen LogP contribution >= 0.6 is 0 Å². The largest absolute Gasteiger partial charge is 0.349 e. The molecule has 0 aliphatic heterocycles. The van der Waals surface area contributed by atoms with Gasteiger partial charge in [-0.2, -0.15) is 0 Å². The quantitative estimate of drug-likeness (QED) is 0.595. The predicted octanol–water partition coefficient (Wildman–Crippen LogP) is 0.621. The molecule has 0 aliphatic carbocycles. The first-order valence-corrected chi connectivity index (χ1v) is 3.86. The summed E-state index contributed by atoms with van der Waals surface area (Å²) in [6.45, 7) is 3.72. The van der Waals surface area contributed by atoms with E-state index in [9.17, 15) is 4.79 Å². The SMILES string of the molecule is CN=CCC(=N)C(=O)NC(C)C. The van der Waals surface area contributed by atoms with Crippen LogP contribution in [0.3, 0.4) is 0 Å². The standard InChI is InChI=1S/C8H15N3O/c1-6(2)11-8(12)7(9)4-5-10-3/h5-6,9H,4H2,1-3H3,(H,11,12). The molecule has 0 saturated carbocycles. The van der Waals surface area contributed by atoms with Gasteiger partial charge < -0.3 is 10.3 Å². The second-order valence-corrected chi connectivity index (χ2v) is 2.75. The van der Waals surface area contributed by atoms with Crippen molar-refractivity contribution in [3.05, 3.63) is 0 Å². The summed E-state index contributed by atoms with van der Waals surface area (Å²) < 4.78 is 0.